The van der Waals surface area contributed by atoms with Crippen molar-refractivity contribution in [1.82, 2.24) is 0 Å². The first-order chi connectivity index (χ1) is 10.0. The lowest BCUT2D eigenvalue weighted by atomic mass is 10.0. The SMILES string of the molecule is CCC(N)C(Sc1ccc(Cl)c(Cl)c1)c1cccc(Cl)c1. The van der Waals surface area contributed by atoms with Gasteiger partial charge in [-0.25, -0.2) is 0 Å². The highest BCUT2D eigenvalue weighted by molar-refractivity contribution is 7.99. The molecule has 2 rings (SSSR count). The van der Waals surface area contributed by atoms with E-state index in [1.807, 2.05) is 30.3 Å². The Bertz CT molecular complexity index is 618. The van der Waals surface area contributed by atoms with E-state index >= 15 is 0 Å². The molecular weight excluding hydrogens is 345 g/mol. The minimum Gasteiger partial charge on any atom is -0.326 e. The summed E-state index contributed by atoms with van der Waals surface area (Å²) >= 11 is 19.8. The van der Waals surface area contributed by atoms with Crippen LogP contribution in [0, 0.1) is 0 Å². The van der Waals surface area contributed by atoms with Crippen molar-refractivity contribution in [1.29, 1.82) is 0 Å². The molecule has 1 nitrogen and oxygen atoms in total. The van der Waals surface area contributed by atoms with Crippen molar-refractivity contribution >= 4 is 46.6 Å². The van der Waals surface area contributed by atoms with Gasteiger partial charge in [0.05, 0.1) is 10.0 Å². The molecule has 0 aliphatic heterocycles. The van der Waals surface area contributed by atoms with Gasteiger partial charge in [0.25, 0.3) is 0 Å². The van der Waals surface area contributed by atoms with Gasteiger partial charge >= 0.3 is 0 Å². The molecule has 0 saturated heterocycles. The summed E-state index contributed by atoms with van der Waals surface area (Å²) in [7, 11) is 0. The zero-order chi connectivity index (χ0) is 15.4. The first kappa shape index (κ1) is 17.0. The van der Waals surface area contributed by atoms with E-state index in [4.69, 9.17) is 40.5 Å². The minimum absolute atomic E-state index is 0.0305. The summed E-state index contributed by atoms with van der Waals surface area (Å²) < 4.78 is 0. The topological polar surface area (TPSA) is 26.0 Å². The number of hydrogen-bond acceptors (Lipinski definition) is 2. The van der Waals surface area contributed by atoms with Gasteiger partial charge in [0.1, 0.15) is 0 Å². The maximum Gasteiger partial charge on any atom is 0.0603 e. The molecule has 0 bridgehead atoms. The van der Waals surface area contributed by atoms with E-state index in [1.165, 1.54) is 0 Å². The standard InChI is InChI=1S/C16H16Cl3NS/c1-2-15(20)16(10-4-3-5-11(17)8-10)21-12-6-7-13(18)14(19)9-12/h3-9,15-16H,2,20H2,1H3. The molecule has 0 fully saturated rings. The van der Waals surface area contributed by atoms with Gasteiger partial charge in [0, 0.05) is 21.2 Å². The molecule has 0 aliphatic rings. The van der Waals surface area contributed by atoms with Crippen molar-refractivity contribution in [2.45, 2.75) is 29.5 Å². The van der Waals surface area contributed by atoms with E-state index < -0.39 is 0 Å². The second kappa shape index (κ2) is 7.75. The fourth-order valence-electron chi connectivity index (χ4n) is 2.00. The molecule has 2 aromatic carbocycles. The Labute approximate surface area is 144 Å². The molecule has 0 saturated carbocycles. The Balaban J connectivity index is 2.30. The summed E-state index contributed by atoms with van der Waals surface area (Å²) in [5.74, 6) is 0. The summed E-state index contributed by atoms with van der Waals surface area (Å²) in [6.45, 7) is 2.08. The van der Waals surface area contributed by atoms with E-state index in [-0.39, 0.29) is 11.3 Å². The Morgan fingerprint density at radius 1 is 1.05 bits per heavy atom. The summed E-state index contributed by atoms with van der Waals surface area (Å²) in [4.78, 5) is 1.04. The second-order valence-electron chi connectivity index (χ2n) is 4.74. The third kappa shape index (κ3) is 4.54. The normalized spacial score (nSPS) is 14.0. The average molecular weight is 361 g/mol. The number of hydrogen-bond donors (Lipinski definition) is 1. The van der Waals surface area contributed by atoms with Crippen molar-refractivity contribution in [3.8, 4) is 0 Å². The Morgan fingerprint density at radius 2 is 1.81 bits per heavy atom. The summed E-state index contributed by atoms with van der Waals surface area (Å²) in [5, 5.41) is 1.94. The summed E-state index contributed by atoms with van der Waals surface area (Å²) in [6.07, 6.45) is 0.880. The highest BCUT2D eigenvalue weighted by Gasteiger charge is 2.20. The predicted molar refractivity (Wildman–Crippen MR) is 94.8 cm³/mol. The molecule has 21 heavy (non-hydrogen) atoms. The fourth-order valence-corrected chi connectivity index (χ4v) is 3.83. The van der Waals surface area contributed by atoms with Crippen molar-refractivity contribution < 1.29 is 0 Å². The zero-order valence-corrected chi connectivity index (χ0v) is 14.6. The van der Waals surface area contributed by atoms with Crippen LogP contribution >= 0.6 is 46.6 Å². The maximum atomic E-state index is 6.29. The molecule has 0 amide bonds. The van der Waals surface area contributed by atoms with Gasteiger partial charge in [-0.1, -0.05) is 53.9 Å². The Kier molecular flexibility index (Phi) is 6.27. The molecule has 0 aromatic heterocycles. The van der Waals surface area contributed by atoms with Gasteiger partial charge in [-0.3, -0.25) is 0 Å². The van der Waals surface area contributed by atoms with Gasteiger partial charge in [-0.2, -0.15) is 0 Å². The quantitative estimate of drug-likeness (QED) is 0.641. The molecule has 2 unspecified atom stereocenters. The van der Waals surface area contributed by atoms with Crippen molar-refractivity contribution in [3.63, 3.8) is 0 Å². The van der Waals surface area contributed by atoms with Gasteiger partial charge in [-0.15, -0.1) is 11.8 Å². The van der Waals surface area contributed by atoms with Crippen molar-refractivity contribution in [2.75, 3.05) is 0 Å². The predicted octanol–water partition coefficient (Wildman–Crippen LogP) is 6.22. The number of rotatable bonds is 5. The van der Waals surface area contributed by atoms with Crippen LogP contribution in [0.5, 0.6) is 0 Å². The van der Waals surface area contributed by atoms with Crippen LogP contribution in [-0.4, -0.2) is 6.04 Å². The van der Waals surface area contributed by atoms with Gasteiger partial charge < -0.3 is 5.73 Å². The third-order valence-electron chi connectivity index (χ3n) is 3.19. The van der Waals surface area contributed by atoms with Crippen LogP contribution in [0.25, 0.3) is 0 Å². The molecular formula is C16H16Cl3NS. The molecule has 0 aliphatic carbocycles. The number of nitrogens with two attached hydrogens (primary N) is 1. The van der Waals surface area contributed by atoms with E-state index in [0.717, 1.165) is 21.9 Å². The van der Waals surface area contributed by atoms with Crippen LogP contribution in [0.2, 0.25) is 15.1 Å². The number of thioether (sulfide) groups is 1. The highest BCUT2D eigenvalue weighted by atomic mass is 35.5. The van der Waals surface area contributed by atoms with E-state index in [1.54, 1.807) is 17.8 Å². The van der Waals surface area contributed by atoms with Crippen LogP contribution in [0.3, 0.4) is 0 Å². The molecule has 112 valence electrons. The smallest absolute Gasteiger partial charge is 0.0603 e. The summed E-state index contributed by atoms with van der Waals surface area (Å²) in [5.41, 5.74) is 7.41. The van der Waals surface area contributed by atoms with Crippen molar-refractivity contribution in [2.24, 2.45) is 5.73 Å². The Hall–Kier alpha value is -0.380. The monoisotopic (exact) mass is 359 g/mol. The number of benzene rings is 2. The molecule has 2 aromatic rings. The molecule has 0 heterocycles. The lowest BCUT2D eigenvalue weighted by Gasteiger charge is -2.23. The fraction of sp³-hybridized carbons (Fsp3) is 0.250. The van der Waals surface area contributed by atoms with Gasteiger partial charge in [-0.05, 0) is 42.3 Å². The van der Waals surface area contributed by atoms with E-state index in [2.05, 4.69) is 13.0 Å². The minimum atomic E-state index is 0.0305. The largest absolute Gasteiger partial charge is 0.326 e. The van der Waals surface area contributed by atoms with Crippen LogP contribution in [-0.2, 0) is 0 Å². The average Bonchev–Trinajstić information content (AvgIpc) is 2.47. The van der Waals surface area contributed by atoms with Crippen LogP contribution in [0.4, 0.5) is 0 Å². The van der Waals surface area contributed by atoms with E-state index in [0.29, 0.717) is 10.0 Å². The third-order valence-corrected chi connectivity index (χ3v) is 5.57. The van der Waals surface area contributed by atoms with Gasteiger partial charge in [0.2, 0.25) is 0 Å². The lowest BCUT2D eigenvalue weighted by molar-refractivity contribution is 0.634. The van der Waals surface area contributed by atoms with Gasteiger partial charge in [0.15, 0.2) is 0 Å². The first-order valence-electron chi connectivity index (χ1n) is 6.64. The molecule has 2 N–H and O–H groups in total. The number of halogens is 3. The van der Waals surface area contributed by atoms with Crippen LogP contribution < -0.4 is 5.73 Å². The van der Waals surface area contributed by atoms with Crippen molar-refractivity contribution in [3.05, 3.63) is 63.1 Å². The Morgan fingerprint density at radius 3 is 2.43 bits per heavy atom. The highest BCUT2D eigenvalue weighted by Crippen LogP contribution is 2.40. The maximum absolute atomic E-state index is 6.29. The molecule has 2 atom stereocenters. The zero-order valence-electron chi connectivity index (χ0n) is 11.5. The molecule has 0 spiro atoms. The van der Waals surface area contributed by atoms with Crippen LogP contribution in [0.1, 0.15) is 24.2 Å². The lowest BCUT2D eigenvalue weighted by Crippen LogP contribution is -2.25. The second-order valence-corrected chi connectivity index (χ2v) is 7.21. The molecule has 5 heteroatoms. The summed E-state index contributed by atoms with van der Waals surface area (Å²) in [6, 6.07) is 13.5. The molecule has 0 radical (unpaired) electrons. The first-order valence-corrected chi connectivity index (χ1v) is 8.65. The van der Waals surface area contributed by atoms with E-state index in [9.17, 15) is 0 Å². The van der Waals surface area contributed by atoms with Crippen LogP contribution in [0.15, 0.2) is 47.4 Å².